The van der Waals surface area contributed by atoms with Crippen LogP contribution in [0.3, 0.4) is 0 Å². The van der Waals surface area contributed by atoms with E-state index >= 15 is 0 Å². The van der Waals surface area contributed by atoms with Gasteiger partial charge in [-0.3, -0.25) is 4.55 Å². The molecule has 0 atom stereocenters. The van der Waals surface area contributed by atoms with Gasteiger partial charge in [-0.05, 0) is 30.7 Å². The van der Waals surface area contributed by atoms with Crippen molar-refractivity contribution < 1.29 is 22.9 Å². The molecule has 0 saturated carbocycles. The molecule has 0 aliphatic rings. The summed E-state index contributed by atoms with van der Waals surface area (Å²) < 4.78 is 29.3. The van der Waals surface area contributed by atoms with E-state index in [4.69, 9.17) is 9.66 Å². The van der Waals surface area contributed by atoms with E-state index in [0.29, 0.717) is 12.2 Å². The molecule has 0 heterocycles. The Hall–Kier alpha value is -1.60. The quantitative estimate of drug-likeness (QED) is 0.521. The lowest BCUT2D eigenvalue weighted by atomic mass is 10.2. The third kappa shape index (κ3) is 5.32. The molecule has 0 unspecified atom stereocenters. The summed E-state index contributed by atoms with van der Waals surface area (Å²) >= 11 is 0. The summed E-state index contributed by atoms with van der Waals surface area (Å²) in [5, 5.41) is 11.6. The van der Waals surface area contributed by atoms with Crippen molar-refractivity contribution in [1.29, 1.82) is 0 Å². The lowest BCUT2D eigenvalue weighted by molar-refractivity contribution is 0.0697. The second kappa shape index (κ2) is 5.65. The van der Waals surface area contributed by atoms with Crippen LogP contribution in [-0.4, -0.2) is 36.3 Å². The number of aromatic carboxylic acids is 1. The fourth-order valence-electron chi connectivity index (χ4n) is 1.22. The zero-order valence-electron chi connectivity index (χ0n) is 8.96. The van der Waals surface area contributed by atoms with Gasteiger partial charge in [-0.25, -0.2) is 4.79 Å². The molecule has 0 amide bonds. The summed E-state index contributed by atoms with van der Waals surface area (Å²) in [6, 6.07) is 6.09. The van der Waals surface area contributed by atoms with Gasteiger partial charge in [-0.1, -0.05) is 0 Å². The van der Waals surface area contributed by atoms with E-state index in [2.05, 4.69) is 5.32 Å². The molecule has 3 N–H and O–H groups in total. The predicted molar refractivity (Wildman–Crippen MR) is 62.9 cm³/mol. The maximum absolute atomic E-state index is 10.6. The Labute approximate surface area is 99.0 Å². The molecule has 0 saturated heterocycles. The molecule has 0 radical (unpaired) electrons. The molecule has 7 heteroatoms. The highest BCUT2D eigenvalue weighted by molar-refractivity contribution is 7.85. The standard InChI is InChI=1S/C10H13NO5S/c12-10(13)8-2-4-9(5-3-8)11-6-1-7-17(14,15)16/h2-5,11H,1,6-7H2,(H,12,13)(H,14,15,16). The SMILES string of the molecule is O=C(O)c1ccc(NCCCS(=O)(=O)O)cc1. The number of carbonyl (C=O) groups is 1. The van der Waals surface area contributed by atoms with Crippen molar-refractivity contribution in [3.63, 3.8) is 0 Å². The van der Waals surface area contributed by atoms with Crippen molar-refractivity contribution in [1.82, 2.24) is 0 Å². The molecular weight excluding hydrogens is 246 g/mol. The Morgan fingerprint density at radius 2 is 1.82 bits per heavy atom. The van der Waals surface area contributed by atoms with Crippen LogP contribution in [0.15, 0.2) is 24.3 Å². The van der Waals surface area contributed by atoms with Crippen molar-refractivity contribution in [3.05, 3.63) is 29.8 Å². The third-order valence-electron chi connectivity index (χ3n) is 2.04. The number of rotatable bonds is 6. The number of hydrogen-bond donors (Lipinski definition) is 3. The predicted octanol–water partition coefficient (Wildman–Crippen LogP) is 1.07. The van der Waals surface area contributed by atoms with E-state index in [0.717, 1.165) is 0 Å². The van der Waals surface area contributed by atoms with Crippen LogP contribution in [-0.2, 0) is 10.1 Å². The largest absolute Gasteiger partial charge is 0.478 e. The van der Waals surface area contributed by atoms with Gasteiger partial charge in [0.25, 0.3) is 10.1 Å². The molecule has 0 bridgehead atoms. The monoisotopic (exact) mass is 259 g/mol. The number of carboxylic acid groups (broad SMARTS) is 1. The Morgan fingerprint density at radius 3 is 2.29 bits per heavy atom. The minimum Gasteiger partial charge on any atom is -0.478 e. The summed E-state index contributed by atoms with van der Waals surface area (Å²) in [6.45, 7) is 0.381. The fourth-order valence-corrected chi connectivity index (χ4v) is 1.73. The number of anilines is 1. The van der Waals surface area contributed by atoms with Crippen molar-refractivity contribution >= 4 is 21.8 Å². The number of benzene rings is 1. The average molecular weight is 259 g/mol. The van der Waals surface area contributed by atoms with Gasteiger partial charge in [0.1, 0.15) is 0 Å². The third-order valence-corrected chi connectivity index (χ3v) is 2.84. The molecule has 1 rings (SSSR count). The molecule has 6 nitrogen and oxygen atoms in total. The van der Waals surface area contributed by atoms with Crippen LogP contribution in [0.2, 0.25) is 0 Å². The van der Waals surface area contributed by atoms with Crippen LogP contribution >= 0.6 is 0 Å². The van der Waals surface area contributed by atoms with E-state index in [-0.39, 0.29) is 17.7 Å². The molecule has 0 spiro atoms. The van der Waals surface area contributed by atoms with Gasteiger partial charge >= 0.3 is 5.97 Å². The molecule has 0 aliphatic heterocycles. The minimum atomic E-state index is -3.91. The first-order valence-electron chi connectivity index (χ1n) is 4.91. The van der Waals surface area contributed by atoms with Gasteiger partial charge in [-0.15, -0.1) is 0 Å². The summed E-state index contributed by atoms with van der Waals surface area (Å²) in [7, 11) is -3.91. The topological polar surface area (TPSA) is 104 Å². The van der Waals surface area contributed by atoms with Crippen LogP contribution in [0.1, 0.15) is 16.8 Å². The van der Waals surface area contributed by atoms with Crippen LogP contribution in [0.25, 0.3) is 0 Å². The fraction of sp³-hybridized carbons (Fsp3) is 0.300. The zero-order chi connectivity index (χ0) is 12.9. The maximum Gasteiger partial charge on any atom is 0.335 e. The molecule has 0 fully saturated rings. The highest BCUT2D eigenvalue weighted by atomic mass is 32.2. The van der Waals surface area contributed by atoms with Crippen molar-refractivity contribution in [2.45, 2.75) is 6.42 Å². The molecule has 0 aromatic heterocycles. The van der Waals surface area contributed by atoms with E-state index in [9.17, 15) is 13.2 Å². The lowest BCUT2D eigenvalue weighted by Crippen LogP contribution is -2.10. The van der Waals surface area contributed by atoms with Crippen LogP contribution in [0.5, 0.6) is 0 Å². The van der Waals surface area contributed by atoms with E-state index < -0.39 is 16.1 Å². The van der Waals surface area contributed by atoms with Crippen LogP contribution < -0.4 is 5.32 Å². The van der Waals surface area contributed by atoms with Gasteiger partial charge in [0, 0.05) is 12.2 Å². The van der Waals surface area contributed by atoms with Gasteiger partial charge in [0.2, 0.25) is 0 Å². The van der Waals surface area contributed by atoms with E-state index in [1.54, 1.807) is 12.1 Å². The van der Waals surface area contributed by atoms with Crippen LogP contribution in [0, 0.1) is 0 Å². The second-order valence-electron chi connectivity index (χ2n) is 3.45. The highest BCUT2D eigenvalue weighted by Gasteiger charge is 2.04. The summed E-state index contributed by atoms with van der Waals surface area (Å²) in [4.78, 5) is 10.6. The van der Waals surface area contributed by atoms with Crippen molar-refractivity contribution in [2.75, 3.05) is 17.6 Å². The Kier molecular flexibility index (Phi) is 4.47. The Bertz CT molecular complexity index is 480. The molecule has 17 heavy (non-hydrogen) atoms. The normalized spacial score (nSPS) is 11.1. The average Bonchev–Trinajstić information content (AvgIpc) is 2.24. The Balaban J connectivity index is 2.40. The van der Waals surface area contributed by atoms with Crippen molar-refractivity contribution in [2.24, 2.45) is 0 Å². The van der Waals surface area contributed by atoms with Gasteiger partial charge in [-0.2, -0.15) is 8.42 Å². The van der Waals surface area contributed by atoms with Gasteiger partial charge < -0.3 is 10.4 Å². The van der Waals surface area contributed by atoms with Crippen LogP contribution in [0.4, 0.5) is 5.69 Å². The minimum absolute atomic E-state index is 0.188. The first kappa shape index (κ1) is 13.5. The summed E-state index contributed by atoms with van der Waals surface area (Å²) in [6.07, 6.45) is 0.277. The van der Waals surface area contributed by atoms with Gasteiger partial charge in [0.05, 0.1) is 11.3 Å². The first-order valence-corrected chi connectivity index (χ1v) is 6.52. The molecule has 1 aromatic carbocycles. The van der Waals surface area contributed by atoms with Crippen molar-refractivity contribution in [3.8, 4) is 0 Å². The smallest absolute Gasteiger partial charge is 0.335 e. The molecule has 94 valence electrons. The Morgan fingerprint density at radius 1 is 1.24 bits per heavy atom. The van der Waals surface area contributed by atoms with Gasteiger partial charge in [0.15, 0.2) is 0 Å². The summed E-state index contributed by atoms with van der Waals surface area (Å²) in [5.41, 5.74) is 0.888. The maximum atomic E-state index is 10.6. The molecular formula is C10H13NO5S. The van der Waals surface area contributed by atoms with E-state index in [1.807, 2.05) is 0 Å². The molecule has 1 aromatic rings. The molecule has 0 aliphatic carbocycles. The number of hydrogen-bond acceptors (Lipinski definition) is 4. The lowest BCUT2D eigenvalue weighted by Gasteiger charge is -2.05. The number of nitrogens with one attached hydrogen (secondary N) is 1. The summed E-state index contributed by atoms with van der Waals surface area (Å²) in [5.74, 6) is -1.30. The van der Waals surface area contributed by atoms with E-state index in [1.165, 1.54) is 12.1 Å². The first-order chi connectivity index (χ1) is 7.88. The highest BCUT2D eigenvalue weighted by Crippen LogP contribution is 2.09. The second-order valence-corrected chi connectivity index (χ2v) is 5.02. The number of carboxylic acids is 1. The zero-order valence-corrected chi connectivity index (χ0v) is 9.77.